The van der Waals surface area contributed by atoms with E-state index in [0.29, 0.717) is 6.54 Å². The molecule has 0 saturated heterocycles. The number of rotatable bonds is 5. The first-order valence-corrected chi connectivity index (χ1v) is 8.36. The standard InChI is InChI=1S/C19H28N4O/c1-19(2,3)16-8-10-17(11-9-16)21-18(24)22(4)12-6-7-15-13-20-23(5)14-15/h8-11,13-14H,6-7,12H2,1-5H3,(H,21,24). The van der Waals surface area contributed by atoms with E-state index in [1.54, 1.807) is 9.58 Å². The Morgan fingerprint density at radius 1 is 1.25 bits per heavy atom. The van der Waals surface area contributed by atoms with Gasteiger partial charge in [-0.3, -0.25) is 4.68 Å². The maximum absolute atomic E-state index is 12.2. The zero-order valence-electron chi connectivity index (χ0n) is 15.3. The quantitative estimate of drug-likeness (QED) is 0.907. The summed E-state index contributed by atoms with van der Waals surface area (Å²) in [5.41, 5.74) is 3.40. The molecule has 0 aliphatic carbocycles. The summed E-state index contributed by atoms with van der Waals surface area (Å²) < 4.78 is 1.80. The minimum Gasteiger partial charge on any atom is -0.328 e. The number of urea groups is 1. The zero-order valence-corrected chi connectivity index (χ0v) is 15.3. The van der Waals surface area contributed by atoms with Crippen LogP contribution in [0, 0.1) is 0 Å². The summed E-state index contributed by atoms with van der Waals surface area (Å²) in [6.07, 6.45) is 5.72. The Morgan fingerprint density at radius 3 is 2.46 bits per heavy atom. The highest BCUT2D eigenvalue weighted by Gasteiger charge is 2.14. The zero-order chi connectivity index (χ0) is 17.7. The Morgan fingerprint density at radius 2 is 1.92 bits per heavy atom. The monoisotopic (exact) mass is 328 g/mol. The van der Waals surface area contributed by atoms with Crippen molar-refractivity contribution in [3.63, 3.8) is 0 Å². The van der Waals surface area contributed by atoms with Gasteiger partial charge in [0.1, 0.15) is 0 Å². The SMILES string of the molecule is CN(CCCc1cnn(C)c1)C(=O)Nc1ccc(C(C)(C)C)cc1. The number of amides is 2. The third-order valence-corrected chi connectivity index (χ3v) is 4.07. The van der Waals surface area contributed by atoms with E-state index in [1.807, 2.05) is 38.6 Å². The number of benzene rings is 1. The lowest BCUT2D eigenvalue weighted by Crippen LogP contribution is -2.32. The molecule has 130 valence electrons. The number of hydrogen-bond donors (Lipinski definition) is 1. The second-order valence-electron chi connectivity index (χ2n) is 7.30. The van der Waals surface area contributed by atoms with Gasteiger partial charge in [0.05, 0.1) is 6.20 Å². The lowest BCUT2D eigenvalue weighted by Gasteiger charge is -2.20. The molecule has 1 heterocycles. The van der Waals surface area contributed by atoms with E-state index in [0.717, 1.165) is 18.5 Å². The molecule has 0 spiro atoms. The molecule has 0 bridgehead atoms. The smallest absolute Gasteiger partial charge is 0.321 e. The predicted molar refractivity (Wildman–Crippen MR) is 98.3 cm³/mol. The van der Waals surface area contributed by atoms with E-state index in [1.165, 1.54) is 11.1 Å². The fourth-order valence-electron chi connectivity index (χ4n) is 2.50. The molecular formula is C19H28N4O. The van der Waals surface area contributed by atoms with Crippen LogP contribution in [0.5, 0.6) is 0 Å². The van der Waals surface area contributed by atoms with Crippen molar-refractivity contribution in [1.29, 1.82) is 0 Å². The molecule has 0 saturated carbocycles. The highest BCUT2D eigenvalue weighted by atomic mass is 16.2. The van der Waals surface area contributed by atoms with E-state index in [4.69, 9.17) is 0 Å². The molecule has 0 fully saturated rings. The van der Waals surface area contributed by atoms with Crippen molar-refractivity contribution < 1.29 is 4.79 Å². The molecule has 5 heteroatoms. The van der Waals surface area contributed by atoms with Crippen LogP contribution in [-0.4, -0.2) is 34.3 Å². The van der Waals surface area contributed by atoms with Crippen molar-refractivity contribution in [3.8, 4) is 0 Å². The fourth-order valence-corrected chi connectivity index (χ4v) is 2.50. The summed E-state index contributed by atoms with van der Waals surface area (Å²) in [5.74, 6) is 0. The van der Waals surface area contributed by atoms with Crippen molar-refractivity contribution in [3.05, 3.63) is 47.8 Å². The molecule has 0 radical (unpaired) electrons. The molecular weight excluding hydrogens is 300 g/mol. The second kappa shape index (κ2) is 7.51. The normalized spacial score (nSPS) is 11.4. The van der Waals surface area contributed by atoms with Crippen molar-refractivity contribution in [2.24, 2.45) is 7.05 Å². The summed E-state index contributed by atoms with van der Waals surface area (Å²) in [6, 6.07) is 7.98. The van der Waals surface area contributed by atoms with Crippen LogP contribution in [0.1, 0.15) is 38.3 Å². The first kappa shape index (κ1) is 18.0. The molecule has 0 atom stereocenters. The van der Waals surface area contributed by atoms with Gasteiger partial charge in [-0.1, -0.05) is 32.9 Å². The number of carbonyl (C=O) groups is 1. The van der Waals surface area contributed by atoms with Crippen LogP contribution in [-0.2, 0) is 18.9 Å². The van der Waals surface area contributed by atoms with Gasteiger partial charge in [0, 0.05) is 32.5 Å². The third-order valence-electron chi connectivity index (χ3n) is 4.07. The maximum Gasteiger partial charge on any atom is 0.321 e. The predicted octanol–water partition coefficient (Wildman–Crippen LogP) is 3.81. The number of nitrogens with zero attached hydrogens (tertiary/aromatic N) is 3. The average Bonchev–Trinajstić information content (AvgIpc) is 2.92. The van der Waals surface area contributed by atoms with Gasteiger partial charge < -0.3 is 10.2 Å². The van der Waals surface area contributed by atoms with Crippen molar-refractivity contribution in [1.82, 2.24) is 14.7 Å². The number of nitrogens with one attached hydrogen (secondary N) is 1. The topological polar surface area (TPSA) is 50.2 Å². The third kappa shape index (κ3) is 5.11. The van der Waals surface area contributed by atoms with Crippen LogP contribution in [0.4, 0.5) is 10.5 Å². The number of aryl methyl sites for hydroxylation is 2. The summed E-state index contributed by atoms with van der Waals surface area (Å²) in [4.78, 5) is 14.0. The van der Waals surface area contributed by atoms with Crippen molar-refractivity contribution in [2.75, 3.05) is 18.9 Å². The Hall–Kier alpha value is -2.30. The largest absolute Gasteiger partial charge is 0.328 e. The van der Waals surface area contributed by atoms with Gasteiger partial charge in [0.2, 0.25) is 0 Å². The average molecular weight is 328 g/mol. The lowest BCUT2D eigenvalue weighted by molar-refractivity contribution is 0.222. The second-order valence-corrected chi connectivity index (χ2v) is 7.30. The van der Waals surface area contributed by atoms with Gasteiger partial charge in [-0.2, -0.15) is 5.10 Å². The Balaban J connectivity index is 1.80. The van der Waals surface area contributed by atoms with Gasteiger partial charge in [0.15, 0.2) is 0 Å². The number of aromatic nitrogens is 2. The molecule has 2 aromatic rings. The van der Waals surface area contributed by atoms with E-state index >= 15 is 0 Å². The van der Waals surface area contributed by atoms with Gasteiger partial charge in [-0.05, 0) is 41.5 Å². The summed E-state index contributed by atoms with van der Waals surface area (Å²) in [5, 5.41) is 7.10. The Labute approximate surface area is 144 Å². The van der Waals surface area contributed by atoms with E-state index in [9.17, 15) is 4.79 Å². The summed E-state index contributed by atoms with van der Waals surface area (Å²) in [7, 11) is 3.73. The number of carbonyl (C=O) groups excluding carboxylic acids is 1. The highest BCUT2D eigenvalue weighted by molar-refractivity contribution is 5.89. The number of anilines is 1. The minimum atomic E-state index is -0.0790. The van der Waals surface area contributed by atoms with Crippen LogP contribution < -0.4 is 5.32 Å². The molecule has 1 N–H and O–H groups in total. The molecule has 1 aromatic carbocycles. The van der Waals surface area contributed by atoms with Crippen LogP contribution >= 0.6 is 0 Å². The molecule has 0 aliphatic heterocycles. The Kier molecular flexibility index (Phi) is 5.65. The van der Waals surface area contributed by atoms with Crippen molar-refractivity contribution in [2.45, 2.75) is 39.0 Å². The highest BCUT2D eigenvalue weighted by Crippen LogP contribution is 2.23. The van der Waals surface area contributed by atoms with Crippen LogP contribution in [0.25, 0.3) is 0 Å². The van der Waals surface area contributed by atoms with E-state index in [2.05, 4.69) is 43.3 Å². The molecule has 1 aromatic heterocycles. The molecule has 24 heavy (non-hydrogen) atoms. The maximum atomic E-state index is 12.2. The van der Waals surface area contributed by atoms with E-state index < -0.39 is 0 Å². The van der Waals surface area contributed by atoms with Crippen LogP contribution in [0.2, 0.25) is 0 Å². The summed E-state index contributed by atoms with van der Waals surface area (Å²) in [6.45, 7) is 7.24. The van der Waals surface area contributed by atoms with Gasteiger partial charge in [-0.15, -0.1) is 0 Å². The van der Waals surface area contributed by atoms with Gasteiger partial charge >= 0.3 is 6.03 Å². The van der Waals surface area contributed by atoms with Crippen LogP contribution in [0.3, 0.4) is 0 Å². The fraction of sp³-hybridized carbons (Fsp3) is 0.474. The molecule has 2 rings (SSSR count). The van der Waals surface area contributed by atoms with E-state index in [-0.39, 0.29) is 11.4 Å². The first-order chi connectivity index (χ1) is 11.3. The molecule has 2 amide bonds. The minimum absolute atomic E-state index is 0.0790. The molecule has 5 nitrogen and oxygen atoms in total. The van der Waals surface area contributed by atoms with Crippen molar-refractivity contribution >= 4 is 11.7 Å². The first-order valence-electron chi connectivity index (χ1n) is 8.36. The molecule has 0 aliphatic rings. The Bertz CT molecular complexity index is 667. The number of hydrogen-bond acceptors (Lipinski definition) is 2. The summed E-state index contributed by atoms with van der Waals surface area (Å²) >= 11 is 0. The van der Waals surface area contributed by atoms with Crippen LogP contribution in [0.15, 0.2) is 36.7 Å². The molecule has 0 unspecified atom stereocenters. The van der Waals surface area contributed by atoms with Gasteiger partial charge in [-0.25, -0.2) is 4.79 Å². The van der Waals surface area contributed by atoms with Gasteiger partial charge in [0.25, 0.3) is 0 Å². The lowest BCUT2D eigenvalue weighted by atomic mass is 9.87.